The molecule has 1 aliphatic rings. The number of rotatable bonds is 3. The Balaban J connectivity index is 2.04. The molecule has 0 aliphatic heterocycles. The number of carbonyl (C=O) groups excluding carboxylic acids is 1. The summed E-state index contributed by atoms with van der Waals surface area (Å²) in [7, 11) is 0. The minimum absolute atomic E-state index is 0.146. The third-order valence-electron chi connectivity index (χ3n) is 4.09. The number of amides is 1. The summed E-state index contributed by atoms with van der Waals surface area (Å²) in [6, 6.07) is 10.4. The van der Waals surface area contributed by atoms with Crippen LogP contribution < -0.4 is 5.32 Å². The fourth-order valence-corrected chi connectivity index (χ4v) is 2.69. The van der Waals surface area contributed by atoms with Gasteiger partial charge in [-0.1, -0.05) is 37.3 Å². The van der Waals surface area contributed by atoms with Crippen LogP contribution in [-0.2, 0) is 10.2 Å². The Morgan fingerprint density at radius 3 is 2.44 bits per heavy atom. The zero-order chi connectivity index (χ0) is 13.2. The second kappa shape index (κ2) is 5.13. The minimum Gasteiger partial charge on any atom is -0.353 e. The van der Waals surface area contributed by atoms with E-state index in [1.807, 2.05) is 44.2 Å². The lowest BCUT2D eigenvalue weighted by Gasteiger charge is -2.26. The smallest absolute Gasteiger partial charge is 0.230 e. The van der Waals surface area contributed by atoms with Gasteiger partial charge in [-0.25, -0.2) is 0 Å². The molecule has 0 spiro atoms. The van der Waals surface area contributed by atoms with Crippen LogP contribution in [0.3, 0.4) is 0 Å². The highest BCUT2D eigenvalue weighted by Crippen LogP contribution is 2.27. The second-order valence-corrected chi connectivity index (χ2v) is 6.08. The Labute approximate surface area is 110 Å². The summed E-state index contributed by atoms with van der Waals surface area (Å²) in [5.74, 6) is 0.892. The SMILES string of the molecule is CC1CCC(NC(=O)C(C)(C)c2ccccc2)C1. The van der Waals surface area contributed by atoms with Crippen molar-refractivity contribution in [1.29, 1.82) is 0 Å². The molecule has 1 N–H and O–H groups in total. The highest BCUT2D eigenvalue weighted by atomic mass is 16.2. The molecule has 2 unspecified atom stereocenters. The van der Waals surface area contributed by atoms with Crippen molar-refractivity contribution in [2.24, 2.45) is 5.92 Å². The lowest BCUT2D eigenvalue weighted by Crippen LogP contribution is -2.44. The van der Waals surface area contributed by atoms with Crippen molar-refractivity contribution in [2.45, 2.75) is 51.5 Å². The zero-order valence-electron chi connectivity index (χ0n) is 11.6. The lowest BCUT2D eigenvalue weighted by molar-refractivity contribution is -0.126. The van der Waals surface area contributed by atoms with Crippen LogP contribution in [0.5, 0.6) is 0 Å². The molecule has 2 rings (SSSR count). The Hall–Kier alpha value is -1.31. The topological polar surface area (TPSA) is 29.1 Å². The van der Waals surface area contributed by atoms with Gasteiger partial charge in [0.05, 0.1) is 5.41 Å². The molecule has 2 atom stereocenters. The van der Waals surface area contributed by atoms with E-state index in [0.717, 1.165) is 24.3 Å². The van der Waals surface area contributed by atoms with E-state index in [1.165, 1.54) is 6.42 Å². The molecule has 1 fully saturated rings. The summed E-state index contributed by atoms with van der Waals surface area (Å²) in [4.78, 5) is 12.4. The highest BCUT2D eigenvalue weighted by molar-refractivity contribution is 5.87. The molecular formula is C16H23NO. The fourth-order valence-electron chi connectivity index (χ4n) is 2.69. The Morgan fingerprint density at radius 1 is 1.22 bits per heavy atom. The summed E-state index contributed by atoms with van der Waals surface area (Å²) in [5.41, 5.74) is 0.626. The average Bonchev–Trinajstić information content (AvgIpc) is 2.76. The van der Waals surface area contributed by atoms with Gasteiger partial charge in [0.2, 0.25) is 5.91 Å². The monoisotopic (exact) mass is 245 g/mol. The largest absolute Gasteiger partial charge is 0.353 e. The van der Waals surface area contributed by atoms with Gasteiger partial charge >= 0.3 is 0 Å². The number of hydrogen-bond acceptors (Lipinski definition) is 1. The Kier molecular flexibility index (Phi) is 3.74. The summed E-state index contributed by atoms with van der Waals surface area (Å²) in [6.07, 6.45) is 3.48. The molecule has 1 aliphatic carbocycles. The molecule has 0 radical (unpaired) electrons. The van der Waals surface area contributed by atoms with Crippen molar-refractivity contribution in [3.63, 3.8) is 0 Å². The first kappa shape index (κ1) is 13.1. The van der Waals surface area contributed by atoms with E-state index < -0.39 is 5.41 Å². The van der Waals surface area contributed by atoms with E-state index in [0.29, 0.717) is 6.04 Å². The number of nitrogens with one attached hydrogen (secondary N) is 1. The van der Waals surface area contributed by atoms with E-state index >= 15 is 0 Å². The minimum atomic E-state index is -0.451. The van der Waals surface area contributed by atoms with Crippen LogP contribution >= 0.6 is 0 Å². The quantitative estimate of drug-likeness (QED) is 0.870. The predicted molar refractivity (Wildman–Crippen MR) is 74.4 cm³/mol. The van der Waals surface area contributed by atoms with Crippen molar-refractivity contribution < 1.29 is 4.79 Å². The maximum atomic E-state index is 12.4. The van der Waals surface area contributed by atoms with Crippen LogP contribution in [-0.4, -0.2) is 11.9 Å². The molecular weight excluding hydrogens is 222 g/mol. The van der Waals surface area contributed by atoms with Gasteiger partial charge in [-0.3, -0.25) is 4.79 Å². The number of hydrogen-bond donors (Lipinski definition) is 1. The summed E-state index contributed by atoms with van der Waals surface area (Å²) in [5, 5.41) is 3.21. The fraction of sp³-hybridized carbons (Fsp3) is 0.562. The normalized spacial score (nSPS) is 23.9. The predicted octanol–water partition coefficient (Wildman–Crippen LogP) is 3.27. The van der Waals surface area contributed by atoms with E-state index in [4.69, 9.17) is 0 Å². The third-order valence-corrected chi connectivity index (χ3v) is 4.09. The van der Waals surface area contributed by atoms with Gasteiger partial charge in [0.25, 0.3) is 0 Å². The van der Waals surface area contributed by atoms with Crippen molar-refractivity contribution in [3.05, 3.63) is 35.9 Å². The van der Waals surface area contributed by atoms with Crippen LogP contribution in [0.2, 0.25) is 0 Å². The number of carbonyl (C=O) groups is 1. The molecule has 0 aromatic heterocycles. The number of benzene rings is 1. The molecule has 0 saturated heterocycles. The maximum absolute atomic E-state index is 12.4. The van der Waals surface area contributed by atoms with E-state index in [2.05, 4.69) is 12.2 Å². The Bertz CT molecular complexity index is 410. The maximum Gasteiger partial charge on any atom is 0.230 e. The summed E-state index contributed by atoms with van der Waals surface area (Å²) in [6.45, 7) is 6.25. The van der Waals surface area contributed by atoms with Gasteiger partial charge in [-0.2, -0.15) is 0 Å². The highest BCUT2D eigenvalue weighted by Gasteiger charge is 2.32. The lowest BCUT2D eigenvalue weighted by atomic mass is 9.83. The molecule has 0 heterocycles. The van der Waals surface area contributed by atoms with Gasteiger partial charge in [0, 0.05) is 6.04 Å². The Morgan fingerprint density at radius 2 is 1.89 bits per heavy atom. The molecule has 1 saturated carbocycles. The van der Waals surface area contributed by atoms with E-state index in [-0.39, 0.29) is 5.91 Å². The van der Waals surface area contributed by atoms with Crippen LogP contribution in [0.4, 0.5) is 0 Å². The van der Waals surface area contributed by atoms with Crippen molar-refractivity contribution in [1.82, 2.24) is 5.32 Å². The zero-order valence-corrected chi connectivity index (χ0v) is 11.6. The second-order valence-electron chi connectivity index (χ2n) is 6.08. The molecule has 18 heavy (non-hydrogen) atoms. The van der Waals surface area contributed by atoms with Gasteiger partial charge in [-0.15, -0.1) is 0 Å². The van der Waals surface area contributed by atoms with E-state index in [1.54, 1.807) is 0 Å². The first-order valence-corrected chi connectivity index (χ1v) is 6.86. The van der Waals surface area contributed by atoms with Crippen molar-refractivity contribution >= 4 is 5.91 Å². The van der Waals surface area contributed by atoms with Crippen molar-refractivity contribution in [2.75, 3.05) is 0 Å². The molecule has 1 amide bonds. The summed E-state index contributed by atoms with van der Waals surface area (Å²) >= 11 is 0. The van der Waals surface area contributed by atoms with Gasteiger partial charge < -0.3 is 5.32 Å². The third kappa shape index (κ3) is 2.74. The van der Waals surface area contributed by atoms with Crippen LogP contribution in [0.1, 0.15) is 45.6 Å². The average molecular weight is 245 g/mol. The first-order chi connectivity index (χ1) is 8.50. The van der Waals surface area contributed by atoms with E-state index in [9.17, 15) is 4.79 Å². The van der Waals surface area contributed by atoms with Crippen molar-refractivity contribution in [3.8, 4) is 0 Å². The van der Waals surface area contributed by atoms with Gasteiger partial charge in [-0.05, 0) is 44.6 Å². The molecule has 1 aromatic rings. The summed E-state index contributed by atoms with van der Waals surface area (Å²) < 4.78 is 0. The van der Waals surface area contributed by atoms with Crippen LogP contribution in [0.25, 0.3) is 0 Å². The first-order valence-electron chi connectivity index (χ1n) is 6.86. The molecule has 98 valence electrons. The van der Waals surface area contributed by atoms with Gasteiger partial charge in [0.15, 0.2) is 0 Å². The van der Waals surface area contributed by atoms with Crippen LogP contribution in [0, 0.1) is 5.92 Å². The molecule has 2 heteroatoms. The van der Waals surface area contributed by atoms with Gasteiger partial charge in [0.1, 0.15) is 0 Å². The standard InChI is InChI=1S/C16H23NO/c1-12-9-10-14(11-12)17-15(18)16(2,3)13-7-5-4-6-8-13/h4-8,12,14H,9-11H2,1-3H3,(H,17,18). The molecule has 2 nitrogen and oxygen atoms in total. The molecule has 1 aromatic carbocycles. The molecule has 0 bridgehead atoms. The van der Waals surface area contributed by atoms with Crippen LogP contribution in [0.15, 0.2) is 30.3 Å².